The van der Waals surface area contributed by atoms with Gasteiger partial charge in [0.2, 0.25) is 0 Å². The van der Waals surface area contributed by atoms with Gasteiger partial charge in [-0.25, -0.2) is 4.90 Å². The summed E-state index contributed by atoms with van der Waals surface area (Å²) in [6.07, 6.45) is 5.34. The normalized spacial score (nSPS) is 16.6. The number of likely N-dealkylation sites (tertiary alicyclic amines) is 1. The number of anilines is 1. The molecule has 0 atom stereocenters. The molecule has 2 aromatic carbocycles. The molecule has 5 nitrogen and oxygen atoms in total. The van der Waals surface area contributed by atoms with Gasteiger partial charge in [0.15, 0.2) is 0 Å². The minimum absolute atomic E-state index is 0.225. The van der Waals surface area contributed by atoms with E-state index in [9.17, 15) is 9.59 Å². The summed E-state index contributed by atoms with van der Waals surface area (Å²) < 4.78 is 5.54. The molecule has 0 bridgehead atoms. The number of ether oxygens (including phenoxy) is 1. The van der Waals surface area contributed by atoms with Crippen molar-refractivity contribution in [2.75, 3.05) is 24.6 Å². The van der Waals surface area contributed by atoms with Crippen molar-refractivity contribution in [3.8, 4) is 5.75 Å². The maximum absolute atomic E-state index is 13.5. The lowest BCUT2D eigenvalue weighted by Crippen LogP contribution is -2.34. The molecule has 2 aromatic rings. The quantitative estimate of drug-likeness (QED) is 0.578. The molecule has 2 aliphatic rings. The van der Waals surface area contributed by atoms with Crippen molar-refractivity contribution in [1.82, 2.24) is 4.90 Å². The fourth-order valence-corrected chi connectivity index (χ4v) is 4.32. The van der Waals surface area contributed by atoms with E-state index in [0.717, 1.165) is 56.5 Å². The molecule has 1 saturated heterocycles. The van der Waals surface area contributed by atoms with E-state index in [0.29, 0.717) is 23.6 Å². The van der Waals surface area contributed by atoms with E-state index >= 15 is 0 Å². The zero-order chi connectivity index (χ0) is 21.8. The summed E-state index contributed by atoms with van der Waals surface area (Å²) in [5.41, 5.74) is 3.63. The number of aryl methyl sites for hydroxylation is 1. The van der Waals surface area contributed by atoms with Gasteiger partial charge in [0.05, 0.1) is 17.9 Å². The Bertz CT molecular complexity index is 971. The van der Waals surface area contributed by atoms with Crippen molar-refractivity contribution in [1.29, 1.82) is 0 Å². The Morgan fingerprint density at radius 2 is 1.55 bits per heavy atom. The van der Waals surface area contributed by atoms with E-state index in [2.05, 4.69) is 11.8 Å². The number of carbonyl (C=O) groups excluding carboxylic acids is 2. The van der Waals surface area contributed by atoms with E-state index in [4.69, 9.17) is 4.74 Å². The van der Waals surface area contributed by atoms with Gasteiger partial charge in [-0.2, -0.15) is 0 Å². The Kier molecular flexibility index (Phi) is 6.40. The van der Waals surface area contributed by atoms with E-state index < -0.39 is 0 Å². The largest absolute Gasteiger partial charge is 0.494 e. The Morgan fingerprint density at radius 3 is 2.16 bits per heavy atom. The van der Waals surface area contributed by atoms with Gasteiger partial charge < -0.3 is 9.64 Å². The molecule has 1 fully saturated rings. The van der Waals surface area contributed by atoms with Gasteiger partial charge >= 0.3 is 0 Å². The lowest BCUT2D eigenvalue weighted by atomic mass is 10.0. The second-order valence-electron chi connectivity index (χ2n) is 8.09. The molecule has 0 aromatic heterocycles. The van der Waals surface area contributed by atoms with E-state index in [1.165, 1.54) is 10.5 Å². The average Bonchev–Trinajstić information content (AvgIpc) is 3.40. The van der Waals surface area contributed by atoms with Crippen LogP contribution in [0.4, 0.5) is 5.69 Å². The molecular weight excluding hydrogens is 388 g/mol. The second kappa shape index (κ2) is 9.38. The summed E-state index contributed by atoms with van der Waals surface area (Å²) in [7, 11) is 0. The highest BCUT2D eigenvalue weighted by Crippen LogP contribution is 2.36. The number of unbranched alkanes of at least 4 members (excludes halogenated alkanes) is 1. The highest BCUT2D eigenvalue weighted by Gasteiger charge is 2.42. The van der Waals surface area contributed by atoms with Crippen LogP contribution in [0.1, 0.15) is 50.7 Å². The van der Waals surface area contributed by atoms with Crippen LogP contribution >= 0.6 is 0 Å². The fraction of sp³-hybridized carbons (Fsp3) is 0.385. The monoisotopic (exact) mass is 418 g/mol. The number of hydrogen-bond acceptors (Lipinski definition) is 4. The van der Waals surface area contributed by atoms with E-state index in [1.54, 1.807) is 0 Å². The summed E-state index contributed by atoms with van der Waals surface area (Å²) in [5, 5.41) is 0. The molecule has 0 spiro atoms. The van der Waals surface area contributed by atoms with Gasteiger partial charge in [-0.3, -0.25) is 9.59 Å². The van der Waals surface area contributed by atoms with Crippen LogP contribution in [0.25, 0.3) is 5.57 Å². The van der Waals surface area contributed by atoms with Crippen molar-refractivity contribution in [3.63, 3.8) is 0 Å². The predicted octanol–water partition coefficient (Wildman–Crippen LogP) is 4.81. The standard InChI is InChI=1S/C26H30N2O3/c1-3-5-8-19-9-13-21(14-10-19)28-25(29)23(20-11-15-22(16-12-20)31-4-2)24(26(28)30)27-17-6-7-18-27/h9-16H,3-8,17-18H2,1-2H3. The number of carbonyl (C=O) groups is 2. The van der Waals surface area contributed by atoms with Gasteiger partial charge in [0.25, 0.3) is 11.8 Å². The molecular formula is C26H30N2O3. The van der Waals surface area contributed by atoms with Crippen molar-refractivity contribution >= 4 is 23.1 Å². The Hall–Kier alpha value is -3.08. The van der Waals surface area contributed by atoms with Gasteiger partial charge in [0, 0.05) is 13.1 Å². The fourth-order valence-electron chi connectivity index (χ4n) is 4.32. The third kappa shape index (κ3) is 4.22. The molecule has 5 heteroatoms. The first-order valence-electron chi connectivity index (χ1n) is 11.3. The molecule has 0 aliphatic carbocycles. The van der Waals surface area contributed by atoms with Gasteiger partial charge in [0.1, 0.15) is 11.4 Å². The summed E-state index contributed by atoms with van der Waals surface area (Å²) in [6, 6.07) is 15.3. The van der Waals surface area contributed by atoms with Crippen molar-refractivity contribution in [2.24, 2.45) is 0 Å². The smallest absolute Gasteiger partial charge is 0.282 e. The number of benzene rings is 2. The first-order chi connectivity index (χ1) is 15.1. The molecule has 0 radical (unpaired) electrons. The Morgan fingerprint density at radius 1 is 0.871 bits per heavy atom. The summed E-state index contributed by atoms with van der Waals surface area (Å²) in [4.78, 5) is 30.4. The van der Waals surface area contributed by atoms with Crippen LogP contribution in [0.2, 0.25) is 0 Å². The molecule has 4 rings (SSSR count). The average molecular weight is 419 g/mol. The van der Waals surface area contributed by atoms with Crippen LogP contribution in [0, 0.1) is 0 Å². The maximum Gasteiger partial charge on any atom is 0.282 e. The third-order valence-electron chi connectivity index (χ3n) is 5.95. The van der Waals surface area contributed by atoms with Crippen LogP contribution in [0.15, 0.2) is 54.2 Å². The Balaban J connectivity index is 1.69. The second-order valence-corrected chi connectivity index (χ2v) is 8.09. The zero-order valence-electron chi connectivity index (χ0n) is 18.4. The highest BCUT2D eigenvalue weighted by atomic mass is 16.5. The molecule has 162 valence electrons. The predicted molar refractivity (Wildman–Crippen MR) is 123 cm³/mol. The van der Waals surface area contributed by atoms with Crippen molar-refractivity contribution in [2.45, 2.75) is 46.0 Å². The van der Waals surface area contributed by atoms with Crippen LogP contribution in [0.3, 0.4) is 0 Å². The van der Waals surface area contributed by atoms with Crippen molar-refractivity contribution in [3.05, 3.63) is 65.4 Å². The van der Waals surface area contributed by atoms with Crippen LogP contribution < -0.4 is 9.64 Å². The molecule has 0 N–H and O–H groups in total. The lowest BCUT2D eigenvalue weighted by molar-refractivity contribution is -0.120. The topological polar surface area (TPSA) is 49.9 Å². The van der Waals surface area contributed by atoms with Gasteiger partial charge in [-0.05, 0) is 68.0 Å². The summed E-state index contributed by atoms with van der Waals surface area (Å²) in [5.74, 6) is 0.278. The number of nitrogens with zero attached hydrogens (tertiary/aromatic N) is 2. The van der Waals surface area contributed by atoms with Crippen molar-refractivity contribution < 1.29 is 14.3 Å². The van der Waals surface area contributed by atoms with Crippen LogP contribution in [-0.2, 0) is 16.0 Å². The molecule has 0 unspecified atom stereocenters. The molecule has 2 heterocycles. The van der Waals surface area contributed by atoms with Crippen LogP contribution in [-0.4, -0.2) is 36.4 Å². The number of hydrogen-bond donors (Lipinski definition) is 0. The molecule has 31 heavy (non-hydrogen) atoms. The van der Waals surface area contributed by atoms with Crippen LogP contribution in [0.5, 0.6) is 5.75 Å². The third-order valence-corrected chi connectivity index (χ3v) is 5.95. The summed E-state index contributed by atoms with van der Waals surface area (Å²) in [6.45, 7) is 6.30. The zero-order valence-corrected chi connectivity index (χ0v) is 18.4. The Labute approximate surface area is 184 Å². The minimum Gasteiger partial charge on any atom is -0.494 e. The lowest BCUT2D eigenvalue weighted by Gasteiger charge is -2.20. The minimum atomic E-state index is -0.252. The summed E-state index contributed by atoms with van der Waals surface area (Å²) >= 11 is 0. The van der Waals surface area contributed by atoms with Gasteiger partial charge in [-0.1, -0.05) is 37.6 Å². The molecule has 2 amide bonds. The SMILES string of the molecule is CCCCc1ccc(N2C(=O)C(c3ccc(OCC)cc3)=C(N3CCCC3)C2=O)cc1. The maximum atomic E-state index is 13.5. The number of imide groups is 1. The molecule has 0 saturated carbocycles. The first kappa shape index (κ1) is 21.2. The van der Waals surface area contributed by atoms with Gasteiger partial charge in [-0.15, -0.1) is 0 Å². The first-order valence-corrected chi connectivity index (χ1v) is 11.3. The van der Waals surface area contributed by atoms with E-state index in [-0.39, 0.29) is 11.8 Å². The van der Waals surface area contributed by atoms with E-state index in [1.807, 2.05) is 55.5 Å². The molecule has 2 aliphatic heterocycles. The highest BCUT2D eigenvalue weighted by molar-refractivity contribution is 6.45. The number of amides is 2. The number of rotatable bonds is 8.